The summed E-state index contributed by atoms with van der Waals surface area (Å²) in [4.78, 5) is 16.6. The van der Waals surface area contributed by atoms with Gasteiger partial charge in [0.15, 0.2) is 0 Å². The summed E-state index contributed by atoms with van der Waals surface area (Å²) >= 11 is 6.46. The molecule has 0 fully saturated rings. The Morgan fingerprint density at radius 2 is 1.76 bits per heavy atom. The number of hydrogen-bond acceptors (Lipinski definition) is 1. The van der Waals surface area contributed by atoms with Crippen molar-refractivity contribution in [3.8, 4) is 0 Å². The molecule has 0 saturated carbocycles. The zero-order valence-corrected chi connectivity index (χ0v) is 11.0. The molecular formula is C13H17ClN2O. The van der Waals surface area contributed by atoms with Crippen LogP contribution < -0.4 is 5.69 Å². The van der Waals surface area contributed by atoms with E-state index in [1.54, 1.807) is 0 Å². The molecule has 0 aliphatic heterocycles. The molecule has 3 nitrogen and oxygen atoms in total. The summed E-state index contributed by atoms with van der Waals surface area (Å²) in [5.74, 6) is 0.915. The van der Waals surface area contributed by atoms with Gasteiger partial charge in [0.05, 0.1) is 16.4 Å². The number of imidazole rings is 1. The molecule has 2 rings (SSSR count). The lowest BCUT2D eigenvalue weighted by molar-refractivity contribution is 0.406. The molecule has 0 aliphatic carbocycles. The van der Waals surface area contributed by atoms with Crippen molar-refractivity contribution in [1.29, 1.82) is 0 Å². The fraction of sp³-hybridized carbons (Fsp3) is 0.462. The van der Waals surface area contributed by atoms with Crippen molar-refractivity contribution in [2.24, 2.45) is 11.8 Å². The number of benzene rings is 1. The van der Waals surface area contributed by atoms with Crippen LogP contribution in [0.3, 0.4) is 0 Å². The van der Waals surface area contributed by atoms with Crippen LogP contribution in [-0.2, 0) is 0 Å². The van der Waals surface area contributed by atoms with Crippen LogP contribution in [0.4, 0.5) is 0 Å². The lowest BCUT2D eigenvalue weighted by Gasteiger charge is -2.21. The topological polar surface area (TPSA) is 48.6 Å². The molecule has 2 unspecified atom stereocenters. The second kappa shape index (κ2) is 4.57. The summed E-state index contributed by atoms with van der Waals surface area (Å²) in [6, 6.07) is 5.82. The Morgan fingerprint density at radius 1 is 1.12 bits per heavy atom. The fourth-order valence-corrected chi connectivity index (χ4v) is 2.29. The number of rotatable bonds is 3. The first-order chi connectivity index (χ1) is 7.99. The van der Waals surface area contributed by atoms with Gasteiger partial charge in [0.25, 0.3) is 0 Å². The fourth-order valence-electron chi connectivity index (χ4n) is 1.86. The average molecular weight is 253 g/mol. The minimum absolute atomic E-state index is 0.0298. The number of nitrogens with one attached hydrogen (secondary N) is 2. The van der Waals surface area contributed by atoms with Crippen LogP contribution in [0.25, 0.3) is 11.0 Å². The minimum atomic E-state index is -0.180. The van der Waals surface area contributed by atoms with E-state index >= 15 is 0 Å². The van der Waals surface area contributed by atoms with Gasteiger partial charge in [0.1, 0.15) is 0 Å². The summed E-state index contributed by atoms with van der Waals surface area (Å²) in [7, 11) is 0. The van der Waals surface area contributed by atoms with Gasteiger partial charge in [-0.05, 0) is 29.5 Å². The zero-order valence-electron chi connectivity index (χ0n) is 10.3. The molecule has 0 spiro atoms. The zero-order chi connectivity index (χ0) is 12.6. The van der Waals surface area contributed by atoms with E-state index in [1.807, 2.05) is 18.2 Å². The van der Waals surface area contributed by atoms with Crippen LogP contribution >= 0.6 is 11.6 Å². The summed E-state index contributed by atoms with van der Waals surface area (Å²) < 4.78 is 0. The van der Waals surface area contributed by atoms with E-state index in [1.165, 1.54) is 0 Å². The third-order valence-electron chi connectivity index (χ3n) is 3.37. The summed E-state index contributed by atoms with van der Waals surface area (Å²) in [6.07, 6.45) is 0. The van der Waals surface area contributed by atoms with Gasteiger partial charge in [0.2, 0.25) is 0 Å². The standard InChI is InChI=1S/C13H17ClN2O/c1-7(2)8(3)12(14)9-4-5-10-11(6-9)16-13(17)15-10/h4-8,12H,1-3H3,(H2,15,16,17). The van der Waals surface area contributed by atoms with Crippen LogP contribution in [0.15, 0.2) is 23.0 Å². The predicted octanol–water partition coefficient (Wildman–Crippen LogP) is 3.43. The lowest BCUT2D eigenvalue weighted by atomic mass is 9.90. The molecule has 0 amide bonds. The highest BCUT2D eigenvalue weighted by Gasteiger charge is 2.20. The van der Waals surface area contributed by atoms with E-state index < -0.39 is 0 Å². The average Bonchev–Trinajstić information content (AvgIpc) is 2.65. The molecular weight excluding hydrogens is 236 g/mol. The molecule has 92 valence electrons. The van der Waals surface area contributed by atoms with Crippen molar-refractivity contribution >= 4 is 22.6 Å². The maximum absolute atomic E-state index is 11.2. The van der Waals surface area contributed by atoms with Crippen molar-refractivity contribution in [3.05, 3.63) is 34.2 Å². The van der Waals surface area contributed by atoms with Crippen LogP contribution in [0, 0.1) is 11.8 Å². The number of aromatic amines is 2. The smallest absolute Gasteiger partial charge is 0.306 e. The minimum Gasteiger partial charge on any atom is -0.306 e. The number of H-pyrrole nitrogens is 2. The molecule has 17 heavy (non-hydrogen) atoms. The first kappa shape index (κ1) is 12.2. The quantitative estimate of drug-likeness (QED) is 0.808. The Labute approximate surface area is 105 Å². The van der Waals surface area contributed by atoms with Crippen LogP contribution in [0.2, 0.25) is 0 Å². The summed E-state index contributed by atoms with van der Waals surface area (Å²) in [5.41, 5.74) is 2.50. The van der Waals surface area contributed by atoms with Crippen molar-refractivity contribution in [2.75, 3.05) is 0 Å². The largest absolute Gasteiger partial charge is 0.323 e. The van der Waals surface area contributed by atoms with Crippen molar-refractivity contribution in [3.63, 3.8) is 0 Å². The molecule has 2 atom stereocenters. The van der Waals surface area contributed by atoms with Crippen molar-refractivity contribution in [2.45, 2.75) is 26.1 Å². The summed E-state index contributed by atoms with van der Waals surface area (Å²) in [5, 5.41) is -0.0298. The van der Waals surface area contributed by atoms with E-state index in [2.05, 4.69) is 30.7 Å². The van der Waals surface area contributed by atoms with Crippen molar-refractivity contribution in [1.82, 2.24) is 9.97 Å². The van der Waals surface area contributed by atoms with E-state index in [-0.39, 0.29) is 11.1 Å². The molecule has 0 aliphatic rings. The summed E-state index contributed by atoms with van der Waals surface area (Å²) in [6.45, 7) is 6.47. The second-order valence-electron chi connectivity index (χ2n) is 4.89. The Morgan fingerprint density at radius 3 is 2.41 bits per heavy atom. The molecule has 2 N–H and O–H groups in total. The first-order valence-corrected chi connectivity index (χ1v) is 6.28. The van der Waals surface area contributed by atoms with Crippen LogP contribution in [0.1, 0.15) is 31.7 Å². The molecule has 0 bridgehead atoms. The predicted molar refractivity (Wildman–Crippen MR) is 71.5 cm³/mol. The second-order valence-corrected chi connectivity index (χ2v) is 5.36. The molecule has 4 heteroatoms. The SMILES string of the molecule is CC(C)C(C)C(Cl)c1ccc2[nH]c(=O)[nH]c2c1. The highest BCUT2D eigenvalue weighted by molar-refractivity contribution is 6.21. The van der Waals surface area contributed by atoms with Gasteiger partial charge in [0, 0.05) is 0 Å². The van der Waals surface area contributed by atoms with Gasteiger partial charge >= 0.3 is 5.69 Å². The highest BCUT2D eigenvalue weighted by atomic mass is 35.5. The number of alkyl halides is 1. The van der Waals surface area contributed by atoms with E-state index in [0.29, 0.717) is 11.8 Å². The molecule has 1 aromatic heterocycles. The third kappa shape index (κ3) is 2.39. The number of fused-ring (bicyclic) bond motifs is 1. The van der Waals surface area contributed by atoms with Crippen molar-refractivity contribution < 1.29 is 0 Å². The number of hydrogen-bond donors (Lipinski definition) is 2. The Bertz CT molecular complexity index is 570. The maximum atomic E-state index is 11.2. The Balaban J connectivity index is 2.38. The van der Waals surface area contributed by atoms with Crippen LogP contribution in [0.5, 0.6) is 0 Å². The van der Waals surface area contributed by atoms with E-state index in [4.69, 9.17) is 11.6 Å². The molecule has 0 radical (unpaired) electrons. The molecule has 1 aromatic carbocycles. The van der Waals surface area contributed by atoms with Gasteiger partial charge in [-0.25, -0.2) is 4.79 Å². The third-order valence-corrected chi connectivity index (χ3v) is 4.02. The number of halogens is 1. The van der Waals surface area contributed by atoms with E-state index in [9.17, 15) is 4.79 Å². The highest BCUT2D eigenvalue weighted by Crippen LogP contribution is 2.34. The lowest BCUT2D eigenvalue weighted by Crippen LogP contribution is -2.10. The van der Waals surface area contributed by atoms with Gasteiger partial charge in [-0.2, -0.15) is 0 Å². The van der Waals surface area contributed by atoms with E-state index in [0.717, 1.165) is 16.6 Å². The van der Waals surface area contributed by atoms with Crippen LogP contribution in [-0.4, -0.2) is 9.97 Å². The first-order valence-electron chi connectivity index (χ1n) is 5.85. The van der Waals surface area contributed by atoms with Gasteiger partial charge in [-0.3, -0.25) is 0 Å². The monoisotopic (exact) mass is 252 g/mol. The van der Waals surface area contributed by atoms with Gasteiger partial charge in [-0.1, -0.05) is 26.8 Å². The molecule has 1 heterocycles. The van der Waals surface area contributed by atoms with Gasteiger partial charge in [-0.15, -0.1) is 11.6 Å². The van der Waals surface area contributed by atoms with Gasteiger partial charge < -0.3 is 9.97 Å². The Kier molecular flexibility index (Phi) is 3.29. The molecule has 0 saturated heterocycles. The molecule has 2 aromatic rings. The Hall–Kier alpha value is -1.22. The number of aromatic nitrogens is 2. The maximum Gasteiger partial charge on any atom is 0.323 e. The normalized spacial score (nSPS) is 15.4.